The Morgan fingerprint density at radius 1 is 1.00 bits per heavy atom. The monoisotopic (exact) mass is 434 g/mol. The van der Waals surface area contributed by atoms with Crippen LogP contribution in [-0.4, -0.2) is 17.1 Å². The zero-order chi connectivity index (χ0) is 21.6. The molecule has 29 heavy (non-hydrogen) atoms. The first-order chi connectivity index (χ1) is 13.3. The molecule has 1 atom stereocenters. The Hall–Kier alpha value is -2.69. The van der Waals surface area contributed by atoms with Gasteiger partial charge in [0.1, 0.15) is 0 Å². The molecule has 0 aromatic heterocycles. The predicted molar refractivity (Wildman–Crippen MR) is 94.8 cm³/mol. The predicted octanol–water partition coefficient (Wildman–Crippen LogP) is 5.41. The molecule has 0 bridgehead atoms. The van der Waals surface area contributed by atoms with Crippen LogP contribution in [0.4, 0.5) is 37.7 Å². The highest BCUT2D eigenvalue weighted by atomic mass is 32.2. The van der Waals surface area contributed by atoms with Gasteiger partial charge in [-0.3, -0.25) is 9.59 Å². The van der Waals surface area contributed by atoms with Crippen molar-refractivity contribution < 1.29 is 35.9 Å². The number of carbonyl (C=O) groups is 2. The Balaban J connectivity index is 1.91. The molecule has 3 rings (SSSR count). The molecule has 1 heterocycles. The zero-order valence-corrected chi connectivity index (χ0v) is 15.4. The van der Waals surface area contributed by atoms with Gasteiger partial charge >= 0.3 is 12.4 Å². The maximum atomic E-state index is 12.9. The molecular weight excluding hydrogens is 422 g/mol. The average Bonchev–Trinajstić information content (AvgIpc) is 2.60. The van der Waals surface area contributed by atoms with E-state index in [-0.39, 0.29) is 22.8 Å². The number of hydrogen-bond donors (Lipinski definition) is 2. The second-order valence-electron chi connectivity index (χ2n) is 6.21. The van der Waals surface area contributed by atoms with Crippen LogP contribution in [0, 0.1) is 0 Å². The highest BCUT2D eigenvalue weighted by Crippen LogP contribution is 2.38. The average molecular weight is 434 g/mol. The van der Waals surface area contributed by atoms with Gasteiger partial charge < -0.3 is 10.6 Å². The number of alkyl halides is 6. The number of fused-ring (bicyclic) bond motifs is 1. The van der Waals surface area contributed by atoms with Crippen LogP contribution >= 0.6 is 11.8 Å². The Bertz CT molecular complexity index is 955. The summed E-state index contributed by atoms with van der Waals surface area (Å²) in [4.78, 5) is 24.8. The molecule has 2 aromatic carbocycles. The van der Waals surface area contributed by atoms with Gasteiger partial charge in [-0.2, -0.15) is 26.3 Å². The molecule has 2 amide bonds. The molecule has 1 unspecified atom stereocenters. The third kappa shape index (κ3) is 4.66. The summed E-state index contributed by atoms with van der Waals surface area (Å²) in [6.07, 6.45) is -10.0. The van der Waals surface area contributed by atoms with Gasteiger partial charge in [-0.05, 0) is 43.3 Å². The fraction of sp³-hybridized carbons (Fsp3) is 0.222. The van der Waals surface area contributed by atoms with Gasteiger partial charge in [-0.25, -0.2) is 0 Å². The van der Waals surface area contributed by atoms with E-state index in [1.54, 1.807) is 6.92 Å². The van der Waals surface area contributed by atoms with E-state index < -0.39 is 35.1 Å². The van der Waals surface area contributed by atoms with Crippen molar-refractivity contribution in [2.75, 3.05) is 10.6 Å². The van der Waals surface area contributed by atoms with E-state index in [2.05, 4.69) is 10.6 Å². The third-order valence-corrected chi connectivity index (χ3v) is 5.20. The number of halogens is 6. The molecule has 0 fully saturated rings. The van der Waals surface area contributed by atoms with Crippen molar-refractivity contribution >= 4 is 35.0 Å². The summed E-state index contributed by atoms with van der Waals surface area (Å²) in [5.41, 5.74) is -3.42. The van der Waals surface area contributed by atoms with Gasteiger partial charge in [0.2, 0.25) is 5.91 Å². The number of anilines is 2. The van der Waals surface area contributed by atoms with E-state index in [4.69, 9.17) is 0 Å². The second kappa shape index (κ2) is 7.29. The summed E-state index contributed by atoms with van der Waals surface area (Å²) in [5.74, 6) is -1.20. The van der Waals surface area contributed by atoms with Gasteiger partial charge in [0.15, 0.2) is 0 Å². The Morgan fingerprint density at radius 3 is 2.14 bits per heavy atom. The lowest BCUT2D eigenvalue weighted by molar-refractivity contribution is -0.143. The van der Waals surface area contributed by atoms with E-state index in [9.17, 15) is 35.9 Å². The second-order valence-corrected chi connectivity index (χ2v) is 7.59. The molecule has 0 aliphatic carbocycles. The molecule has 0 radical (unpaired) electrons. The molecule has 0 spiro atoms. The summed E-state index contributed by atoms with van der Waals surface area (Å²) in [6.45, 7) is 1.69. The summed E-state index contributed by atoms with van der Waals surface area (Å²) in [6, 6.07) is 5.03. The summed E-state index contributed by atoms with van der Waals surface area (Å²) in [5, 5.41) is 4.30. The summed E-state index contributed by atoms with van der Waals surface area (Å²) < 4.78 is 77.6. The van der Waals surface area contributed by atoms with Crippen molar-refractivity contribution in [3.05, 3.63) is 53.1 Å². The molecule has 0 saturated carbocycles. The highest BCUT2D eigenvalue weighted by molar-refractivity contribution is 8.00. The quantitative estimate of drug-likeness (QED) is 0.622. The topological polar surface area (TPSA) is 58.2 Å². The summed E-state index contributed by atoms with van der Waals surface area (Å²) >= 11 is 1.26. The number of benzene rings is 2. The van der Waals surface area contributed by atoms with Crippen molar-refractivity contribution in [3.8, 4) is 0 Å². The van der Waals surface area contributed by atoms with Crippen LogP contribution in [-0.2, 0) is 17.1 Å². The van der Waals surface area contributed by atoms with Crippen molar-refractivity contribution in [1.82, 2.24) is 0 Å². The largest absolute Gasteiger partial charge is 0.416 e. The lowest BCUT2D eigenvalue weighted by atomic mass is 10.1. The minimum Gasteiger partial charge on any atom is -0.324 e. The molecule has 1 aliphatic rings. The fourth-order valence-corrected chi connectivity index (χ4v) is 3.51. The Labute approximate surface area is 164 Å². The molecule has 4 nitrogen and oxygen atoms in total. The first-order valence-electron chi connectivity index (χ1n) is 8.07. The number of carbonyl (C=O) groups excluding carboxylic acids is 2. The smallest absolute Gasteiger partial charge is 0.324 e. The van der Waals surface area contributed by atoms with Crippen LogP contribution < -0.4 is 10.6 Å². The van der Waals surface area contributed by atoms with E-state index in [1.165, 1.54) is 30.0 Å². The third-order valence-electron chi connectivity index (χ3n) is 4.02. The van der Waals surface area contributed by atoms with E-state index >= 15 is 0 Å². The van der Waals surface area contributed by atoms with Gasteiger partial charge in [0.25, 0.3) is 5.91 Å². The van der Waals surface area contributed by atoms with E-state index in [0.29, 0.717) is 22.7 Å². The first-order valence-corrected chi connectivity index (χ1v) is 8.95. The minimum atomic E-state index is -5.02. The van der Waals surface area contributed by atoms with Crippen LogP contribution in [0.5, 0.6) is 0 Å². The Morgan fingerprint density at radius 2 is 1.59 bits per heavy atom. The van der Waals surface area contributed by atoms with Crippen molar-refractivity contribution in [1.29, 1.82) is 0 Å². The van der Waals surface area contributed by atoms with Crippen LogP contribution in [0.15, 0.2) is 41.3 Å². The summed E-state index contributed by atoms with van der Waals surface area (Å²) in [7, 11) is 0. The SMILES string of the molecule is CC1Sc2ccc(C(=O)Nc3cc(C(F)(F)F)cc(C(F)(F)F)c3)cc2NC1=O. The number of hydrogen-bond acceptors (Lipinski definition) is 3. The number of nitrogens with one attached hydrogen (secondary N) is 2. The van der Waals surface area contributed by atoms with Gasteiger partial charge in [-0.1, -0.05) is 0 Å². The number of amides is 2. The Kier molecular flexibility index (Phi) is 5.28. The van der Waals surface area contributed by atoms with Crippen LogP contribution in [0.1, 0.15) is 28.4 Å². The number of thioether (sulfide) groups is 1. The molecule has 11 heteroatoms. The van der Waals surface area contributed by atoms with Crippen molar-refractivity contribution in [2.45, 2.75) is 29.4 Å². The maximum Gasteiger partial charge on any atom is 0.416 e. The van der Waals surface area contributed by atoms with Crippen LogP contribution in [0.2, 0.25) is 0 Å². The van der Waals surface area contributed by atoms with Crippen molar-refractivity contribution in [2.24, 2.45) is 0 Å². The molecule has 2 N–H and O–H groups in total. The molecular formula is C18H12F6N2O2S. The zero-order valence-electron chi connectivity index (χ0n) is 14.5. The molecule has 0 saturated heterocycles. The highest BCUT2D eigenvalue weighted by Gasteiger charge is 2.37. The van der Waals surface area contributed by atoms with Crippen LogP contribution in [0.25, 0.3) is 0 Å². The maximum absolute atomic E-state index is 12.9. The lowest BCUT2D eigenvalue weighted by Crippen LogP contribution is -2.26. The lowest BCUT2D eigenvalue weighted by Gasteiger charge is -2.21. The minimum absolute atomic E-state index is 0.0253. The normalized spacial score (nSPS) is 16.8. The first kappa shape index (κ1) is 21.0. The molecule has 2 aromatic rings. The van der Waals surface area contributed by atoms with Gasteiger partial charge in [0, 0.05) is 16.1 Å². The molecule has 154 valence electrons. The van der Waals surface area contributed by atoms with Gasteiger partial charge in [0.05, 0.1) is 22.1 Å². The fourth-order valence-electron chi connectivity index (χ4n) is 2.58. The molecule has 1 aliphatic heterocycles. The van der Waals surface area contributed by atoms with Crippen molar-refractivity contribution in [3.63, 3.8) is 0 Å². The van der Waals surface area contributed by atoms with E-state index in [0.717, 1.165) is 0 Å². The van der Waals surface area contributed by atoms with Crippen LogP contribution in [0.3, 0.4) is 0 Å². The van der Waals surface area contributed by atoms with Gasteiger partial charge in [-0.15, -0.1) is 11.8 Å². The number of rotatable bonds is 2. The standard InChI is InChI=1S/C18H12F6N2O2S/c1-8-15(27)26-13-4-9(2-3-14(13)29-8)16(28)25-12-6-10(17(19,20)21)5-11(7-12)18(22,23)24/h2-8H,1H3,(H,25,28)(H,26,27). The van der Waals surface area contributed by atoms with E-state index in [1.807, 2.05) is 0 Å².